The average Bonchev–Trinajstić information content (AvgIpc) is 2.65. The molecule has 0 spiro atoms. The second kappa shape index (κ2) is 17.6. The summed E-state index contributed by atoms with van der Waals surface area (Å²) < 4.78 is 30.4. The third-order valence-corrected chi connectivity index (χ3v) is 7.57. The van der Waals surface area contributed by atoms with Crippen molar-refractivity contribution in [3.63, 3.8) is 0 Å². The molecule has 34 heavy (non-hydrogen) atoms. The third-order valence-electron chi connectivity index (χ3n) is 5.38. The molecule has 0 rings (SSSR count). The fourth-order valence-electron chi connectivity index (χ4n) is 3.27. The fourth-order valence-corrected chi connectivity index (χ4v) is 4.87. The highest BCUT2D eigenvalue weighted by Crippen LogP contribution is 2.57. The highest BCUT2D eigenvalue weighted by Gasteiger charge is 2.32. The normalized spacial score (nSPS) is 16.3. The second-order valence-electron chi connectivity index (χ2n) is 9.39. The molecule has 0 saturated heterocycles. The largest absolute Gasteiger partial charge is 0.481 e. The molecule has 0 saturated carbocycles. The number of phosphoric ester groups is 1. The highest BCUT2D eigenvalue weighted by molar-refractivity contribution is 7.60. The number of phosphoric acid groups is 2. The van der Waals surface area contributed by atoms with Crippen LogP contribution in [-0.4, -0.2) is 21.3 Å². The Balaban J connectivity index is 4.11. The topological polar surface area (TPSA) is 113 Å². The first kappa shape index (κ1) is 33.2. The van der Waals surface area contributed by atoms with Crippen molar-refractivity contribution in [1.82, 2.24) is 0 Å². The van der Waals surface area contributed by atoms with Crippen LogP contribution in [0.15, 0.2) is 46.6 Å². The maximum Gasteiger partial charge on any atom is 0.481 e. The van der Waals surface area contributed by atoms with Crippen molar-refractivity contribution >= 4 is 15.6 Å². The zero-order chi connectivity index (χ0) is 26.2. The van der Waals surface area contributed by atoms with Gasteiger partial charge in [-0.25, -0.2) is 9.13 Å². The molecule has 0 fully saturated rings. The van der Waals surface area contributed by atoms with Gasteiger partial charge in [0.05, 0.1) is 6.61 Å². The summed E-state index contributed by atoms with van der Waals surface area (Å²) in [5.41, 5.74) is 5.62. The van der Waals surface area contributed by atoms with E-state index in [9.17, 15) is 14.0 Å². The Morgan fingerprint density at radius 1 is 0.735 bits per heavy atom. The van der Waals surface area contributed by atoms with Crippen LogP contribution >= 0.6 is 15.6 Å². The Morgan fingerprint density at radius 3 is 1.62 bits per heavy atom. The van der Waals surface area contributed by atoms with Gasteiger partial charge in [-0.15, -0.1) is 0 Å². The zero-order valence-electron chi connectivity index (χ0n) is 21.8. The van der Waals surface area contributed by atoms with Crippen molar-refractivity contribution in [3.05, 3.63) is 46.6 Å². The first-order chi connectivity index (χ1) is 15.7. The van der Waals surface area contributed by atoms with Gasteiger partial charge in [-0.05, 0) is 98.3 Å². The molecule has 198 valence electrons. The summed E-state index contributed by atoms with van der Waals surface area (Å²) in [5, 5.41) is 0. The molecule has 9 heteroatoms. The average molecular weight is 521 g/mol. The van der Waals surface area contributed by atoms with Crippen molar-refractivity contribution in [2.45, 2.75) is 99.3 Å². The van der Waals surface area contributed by atoms with Crippen molar-refractivity contribution in [1.29, 1.82) is 0 Å². The Kier molecular flexibility index (Phi) is 17.2. The smallest absolute Gasteiger partial charge is 0.302 e. The molecule has 0 aromatic carbocycles. The van der Waals surface area contributed by atoms with Gasteiger partial charge in [0.2, 0.25) is 0 Å². The molecule has 0 radical (unpaired) electrons. The maximum atomic E-state index is 11.4. The Hall–Kier alpha value is -0.780. The molecular formula is C25H46O7P2. The second-order valence-corrected chi connectivity index (χ2v) is 12.2. The van der Waals surface area contributed by atoms with E-state index in [2.05, 4.69) is 67.8 Å². The summed E-state index contributed by atoms with van der Waals surface area (Å²) in [7, 11) is -9.81. The van der Waals surface area contributed by atoms with Crippen LogP contribution in [0.4, 0.5) is 0 Å². The van der Waals surface area contributed by atoms with E-state index in [1.165, 1.54) is 22.3 Å². The first-order valence-corrected chi connectivity index (χ1v) is 15.1. The molecule has 2 atom stereocenters. The van der Waals surface area contributed by atoms with Gasteiger partial charge in [0.25, 0.3) is 0 Å². The molecule has 7 nitrogen and oxygen atoms in total. The number of hydrogen-bond acceptors (Lipinski definition) is 4. The molecule has 0 aliphatic rings. The van der Waals surface area contributed by atoms with Crippen LogP contribution in [0.2, 0.25) is 0 Å². The van der Waals surface area contributed by atoms with Gasteiger partial charge in [-0.3, -0.25) is 4.52 Å². The van der Waals surface area contributed by atoms with Crippen molar-refractivity contribution in [3.8, 4) is 0 Å². The Bertz CT molecular complexity index is 802. The predicted octanol–water partition coefficient (Wildman–Crippen LogP) is 8.16. The van der Waals surface area contributed by atoms with Crippen molar-refractivity contribution in [2.24, 2.45) is 5.92 Å². The van der Waals surface area contributed by atoms with Crippen molar-refractivity contribution < 1.29 is 32.6 Å². The number of allylic oxidation sites excluding steroid dienone is 8. The molecule has 0 aliphatic carbocycles. The van der Waals surface area contributed by atoms with E-state index in [0.29, 0.717) is 6.42 Å². The summed E-state index contributed by atoms with van der Waals surface area (Å²) in [5.74, 6) is 0.236. The van der Waals surface area contributed by atoms with Crippen molar-refractivity contribution in [2.75, 3.05) is 6.61 Å². The van der Waals surface area contributed by atoms with E-state index in [1.807, 2.05) is 6.92 Å². The molecule has 0 bridgehead atoms. The SMILES string of the molecule is CC(C)=CCC/C(C)=C/CC/C(C)=C/CC/C(C)=C\CCC(C)CCOP(=O)(O)OP(=O)(O)O. The Morgan fingerprint density at radius 2 is 1.18 bits per heavy atom. The summed E-state index contributed by atoms with van der Waals surface area (Å²) in [4.78, 5) is 26.4. The van der Waals surface area contributed by atoms with Crippen LogP contribution in [0, 0.1) is 5.92 Å². The molecular weight excluding hydrogens is 474 g/mol. The van der Waals surface area contributed by atoms with Gasteiger partial charge in [0, 0.05) is 0 Å². The molecule has 0 heterocycles. The minimum absolute atomic E-state index is 0.105. The quantitative estimate of drug-likeness (QED) is 0.123. The summed E-state index contributed by atoms with van der Waals surface area (Å²) >= 11 is 0. The van der Waals surface area contributed by atoms with Crippen LogP contribution in [0.3, 0.4) is 0 Å². The van der Waals surface area contributed by atoms with E-state index in [1.54, 1.807) is 0 Å². The summed E-state index contributed by atoms with van der Waals surface area (Å²) in [6, 6.07) is 0. The maximum absolute atomic E-state index is 11.4. The molecule has 0 aromatic rings. The van der Waals surface area contributed by atoms with E-state index < -0.39 is 15.6 Å². The predicted molar refractivity (Wildman–Crippen MR) is 140 cm³/mol. The van der Waals surface area contributed by atoms with E-state index in [0.717, 1.165) is 51.4 Å². The fraction of sp³-hybridized carbons (Fsp3) is 0.680. The lowest BCUT2D eigenvalue weighted by molar-refractivity contribution is 0.170. The van der Waals surface area contributed by atoms with Gasteiger partial charge in [0.1, 0.15) is 0 Å². The monoisotopic (exact) mass is 520 g/mol. The van der Waals surface area contributed by atoms with Crippen LogP contribution in [0.1, 0.15) is 99.3 Å². The van der Waals surface area contributed by atoms with Crippen LogP contribution in [0.5, 0.6) is 0 Å². The lowest BCUT2D eigenvalue weighted by atomic mass is 10.0. The van der Waals surface area contributed by atoms with E-state index in [4.69, 9.17) is 9.79 Å². The standard InChI is InChI=1S/C25H46O7P2/c1-21(2)11-7-12-22(3)13-8-14-23(4)15-9-16-24(5)17-10-18-25(6)19-20-31-34(29,30)32-33(26,27)28/h11,13,15,17,25H,7-10,12,14,16,18-20H2,1-6H3,(H,29,30)(H2,26,27,28)/b22-13+,23-15+,24-17-. The van der Waals surface area contributed by atoms with Gasteiger partial charge in [-0.1, -0.05) is 53.5 Å². The van der Waals surface area contributed by atoms with Gasteiger partial charge in [-0.2, -0.15) is 4.31 Å². The molecule has 0 amide bonds. The van der Waals surface area contributed by atoms with E-state index in [-0.39, 0.29) is 12.5 Å². The van der Waals surface area contributed by atoms with Gasteiger partial charge < -0.3 is 14.7 Å². The van der Waals surface area contributed by atoms with Gasteiger partial charge in [0.15, 0.2) is 0 Å². The van der Waals surface area contributed by atoms with Gasteiger partial charge >= 0.3 is 15.6 Å². The molecule has 3 N–H and O–H groups in total. The minimum atomic E-state index is -5.07. The summed E-state index contributed by atoms with van der Waals surface area (Å²) in [6.45, 7) is 12.7. The number of rotatable bonds is 18. The van der Waals surface area contributed by atoms with Crippen LogP contribution in [0.25, 0.3) is 0 Å². The highest BCUT2D eigenvalue weighted by atomic mass is 31.3. The van der Waals surface area contributed by atoms with Crippen LogP contribution in [-0.2, 0) is 18.0 Å². The lowest BCUT2D eigenvalue weighted by Gasteiger charge is -2.14. The first-order valence-electron chi connectivity index (χ1n) is 12.0. The zero-order valence-corrected chi connectivity index (χ0v) is 23.6. The molecule has 0 aliphatic heterocycles. The molecule has 2 unspecified atom stereocenters. The van der Waals surface area contributed by atoms with E-state index >= 15 is 0 Å². The van der Waals surface area contributed by atoms with Crippen LogP contribution < -0.4 is 0 Å². The lowest BCUT2D eigenvalue weighted by Crippen LogP contribution is -2.02. The summed E-state index contributed by atoms with van der Waals surface area (Å²) in [6.07, 6.45) is 18.0. The third kappa shape index (κ3) is 21.7. The Labute approximate surface area is 206 Å². The molecule has 0 aromatic heterocycles. The minimum Gasteiger partial charge on any atom is -0.302 e. The number of hydrogen-bond donors (Lipinski definition) is 3.